The molecule has 0 aliphatic rings. The highest BCUT2D eigenvalue weighted by atomic mass is 16.2. The number of likely N-dealkylation sites (N-methyl/N-ethyl adjacent to an activating group) is 2. The van der Waals surface area contributed by atoms with E-state index in [-0.39, 0.29) is 11.9 Å². The highest BCUT2D eigenvalue weighted by Gasteiger charge is 2.25. The molecule has 0 fully saturated rings. The van der Waals surface area contributed by atoms with Gasteiger partial charge < -0.3 is 9.80 Å². The minimum Gasteiger partial charge on any atom is -0.330 e. The number of hydrogen-bond acceptors (Lipinski definition) is 4. The van der Waals surface area contributed by atoms with Crippen LogP contribution in [0, 0.1) is 0 Å². The van der Waals surface area contributed by atoms with Gasteiger partial charge in [0.25, 0.3) is 0 Å². The van der Waals surface area contributed by atoms with Crippen LogP contribution in [0.1, 0.15) is 17.4 Å². The molecule has 1 amide bonds. The van der Waals surface area contributed by atoms with Gasteiger partial charge in [0.15, 0.2) is 5.82 Å². The van der Waals surface area contributed by atoms with Gasteiger partial charge in [-0.3, -0.25) is 9.89 Å². The van der Waals surface area contributed by atoms with Gasteiger partial charge in [-0.1, -0.05) is 30.3 Å². The predicted molar refractivity (Wildman–Crippen MR) is 76.0 cm³/mol. The summed E-state index contributed by atoms with van der Waals surface area (Å²) in [5, 5.41) is 6.74. The average Bonchev–Trinajstić information content (AvgIpc) is 2.93. The minimum atomic E-state index is -0.258. The van der Waals surface area contributed by atoms with Crippen molar-refractivity contribution in [3.8, 4) is 0 Å². The Morgan fingerprint density at radius 3 is 2.50 bits per heavy atom. The van der Waals surface area contributed by atoms with E-state index in [9.17, 15) is 4.79 Å². The van der Waals surface area contributed by atoms with Gasteiger partial charge >= 0.3 is 0 Å². The van der Waals surface area contributed by atoms with Crippen LogP contribution in [0.5, 0.6) is 0 Å². The lowest BCUT2D eigenvalue weighted by Gasteiger charge is -2.28. The fourth-order valence-electron chi connectivity index (χ4n) is 2.07. The molecule has 0 saturated heterocycles. The van der Waals surface area contributed by atoms with Crippen molar-refractivity contribution in [3.63, 3.8) is 0 Å². The van der Waals surface area contributed by atoms with Crippen LogP contribution in [0.2, 0.25) is 0 Å². The summed E-state index contributed by atoms with van der Waals surface area (Å²) < 4.78 is 0. The van der Waals surface area contributed by atoms with Crippen LogP contribution in [0.3, 0.4) is 0 Å². The molecule has 0 aliphatic heterocycles. The molecule has 0 spiro atoms. The fraction of sp³-hybridized carbons (Fsp3) is 0.357. The molecule has 1 heterocycles. The topological polar surface area (TPSA) is 65.1 Å². The van der Waals surface area contributed by atoms with Crippen molar-refractivity contribution in [1.29, 1.82) is 0 Å². The van der Waals surface area contributed by atoms with E-state index >= 15 is 0 Å². The SMILES string of the molecule is CN(C)CC(=O)N(C)C(c1ccccc1)c1ncn[nH]1. The number of nitrogens with one attached hydrogen (secondary N) is 1. The summed E-state index contributed by atoms with van der Waals surface area (Å²) in [7, 11) is 5.53. The zero-order chi connectivity index (χ0) is 14.5. The number of aromatic amines is 1. The highest BCUT2D eigenvalue weighted by molar-refractivity contribution is 5.78. The molecule has 6 nitrogen and oxygen atoms in total. The van der Waals surface area contributed by atoms with Crippen molar-refractivity contribution in [2.75, 3.05) is 27.7 Å². The molecule has 1 unspecified atom stereocenters. The number of carbonyl (C=O) groups is 1. The van der Waals surface area contributed by atoms with Gasteiger partial charge in [-0.25, -0.2) is 4.98 Å². The summed E-state index contributed by atoms with van der Waals surface area (Å²) in [6.07, 6.45) is 1.45. The second-order valence-electron chi connectivity index (χ2n) is 4.93. The van der Waals surface area contributed by atoms with Gasteiger partial charge in [-0.05, 0) is 19.7 Å². The number of rotatable bonds is 5. The molecule has 2 aromatic rings. The molecular weight excluding hydrogens is 254 g/mol. The second-order valence-corrected chi connectivity index (χ2v) is 4.93. The summed E-state index contributed by atoms with van der Waals surface area (Å²) >= 11 is 0. The third-order valence-corrected chi connectivity index (χ3v) is 3.04. The molecule has 0 radical (unpaired) electrons. The molecule has 0 bridgehead atoms. The molecule has 106 valence electrons. The molecule has 1 N–H and O–H groups in total. The van der Waals surface area contributed by atoms with Crippen LogP contribution < -0.4 is 0 Å². The third-order valence-electron chi connectivity index (χ3n) is 3.04. The maximum Gasteiger partial charge on any atom is 0.237 e. The Morgan fingerprint density at radius 2 is 1.95 bits per heavy atom. The molecule has 2 rings (SSSR count). The van der Waals surface area contributed by atoms with Gasteiger partial charge in [0.1, 0.15) is 12.4 Å². The first-order valence-electron chi connectivity index (χ1n) is 6.40. The lowest BCUT2D eigenvalue weighted by molar-refractivity contribution is -0.132. The molecule has 20 heavy (non-hydrogen) atoms. The maximum absolute atomic E-state index is 12.3. The van der Waals surface area contributed by atoms with E-state index in [1.54, 1.807) is 11.9 Å². The van der Waals surface area contributed by atoms with Gasteiger partial charge in [-0.15, -0.1) is 0 Å². The molecular formula is C14H19N5O. The number of amides is 1. The summed E-state index contributed by atoms with van der Waals surface area (Å²) in [5.41, 5.74) is 0.999. The van der Waals surface area contributed by atoms with Crippen molar-refractivity contribution in [2.45, 2.75) is 6.04 Å². The Bertz CT molecular complexity index is 538. The van der Waals surface area contributed by atoms with Crippen LogP contribution in [0.15, 0.2) is 36.7 Å². The number of H-pyrrole nitrogens is 1. The Kier molecular flexibility index (Phi) is 4.47. The Labute approximate surface area is 118 Å². The van der Waals surface area contributed by atoms with Crippen molar-refractivity contribution >= 4 is 5.91 Å². The number of nitrogens with zero attached hydrogens (tertiary/aromatic N) is 4. The van der Waals surface area contributed by atoms with Crippen LogP contribution in [0.4, 0.5) is 0 Å². The number of benzene rings is 1. The number of carbonyl (C=O) groups excluding carboxylic acids is 1. The first kappa shape index (κ1) is 14.2. The van der Waals surface area contributed by atoms with Crippen LogP contribution in [0.25, 0.3) is 0 Å². The monoisotopic (exact) mass is 273 g/mol. The van der Waals surface area contributed by atoms with E-state index < -0.39 is 0 Å². The molecule has 1 atom stereocenters. The summed E-state index contributed by atoms with van der Waals surface area (Å²) in [6.45, 7) is 0.355. The lowest BCUT2D eigenvalue weighted by atomic mass is 10.1. The zero-order valence-corrected chi connectivity index (χ0v) is 11.9. The summed E-state index contributed by atoms with van der Waals surface area (Å²) in [4.78, 5) is 20.0. The highest BCUT2D eigenvalue weighted by Crippen LogP contribution is 2.24. The van der Waals surface area contributed by atoms with E-state index in [2.05, 4.69) is 15.2 Å². The predicted octanol–water partition coefficient (Wildman–Crippen LogP) is 0.914. The van der Waals surface area contributed by atoms with Crippen molar-refractivity contribution in [3.05, 3.63) is 48.0 Å². The van der Waals surface area contributed by atoms with Gasteiger partial charge in [0.2, 0.25) is 5.91 Å². The van der Waals surface area contributed by atoms with Crippen LogP contribution in [-0.4, -0.2) is 58.6 Å². The van der Waals surface area contributed by atoms with E-state index in [4.69, 9.17) is 0 Å². The third kappa shape index (κ3) is 3.21. The quantitative estimate of drug-likeness (QED) is 0.879. The maximum atomic E-state index is 12.3. The lowest BCUT2D eigenvalue weighted by Crippen LogP contribution is -2.38. The molecule has 0 aliphatic carbocycles. The van der Waals surface area contributed by atoms with E-state index in [1.807, 2.05) is 49.3 Å². The first-order chi connectivity index (χ1) is 9.59. The standard InChI is InChI=1S/C14H19N5O/c1-18(2)9-12(20)19(3)13(14-15-10-16-17-14)11-7-5-4-6-8-11/h4-8,10,13H,9H2,1-3H3,(H,15,16,17). The van der Waals surface area contributed by atoms with Crippen LogP contribution >= 0.6 is 0 Å². The zero-order valence-electron chi connectivity index (χ0n) is 11.9. The van der Waals surface area contributed by atoms with Gasteiger partial charge in [0, 0.05) is 7.05 Å². The fourth-order valence-corrected chi connectivity index (χ4v) is 2.07. The van der Waals surface area contributed by atoms with Gasteiger partial charge in [-0.2, -0.15) is 5.10 Å². The van der Waals surface area contributed by atoms with E-state index in [1.165, 1.54) is 6.33 Å². The van der Waals surface area contributed by atoms with Crippen molar-refractivity contribution < 1.29 is 4.79 Å². The van der Waals surface area contributed by atoms with E-state index in [0.717, 1.165) is 5.56 Å². The molecule has 6 heteroatoms. The normalized spacial score (nSPS) is 12.4. The Balaban J connectivity index is 2.30. The molecule has 1 aromatic carbocycles. The minimum absolute atomic E-state index is 0.0280. The van der Waals surface area contributed by atoms with E-state index in [0.29, 0.717) is 12.4 Å². The number of hydrogen-bond donors (Lipinski definition) is 1. The smallest absolute Gasteiger partial charge is 0.237 e. The average molecular weight is 273 g/mol. The molecule has 0 saturated carbocycles. The van der Waals surface area contributed by atoms with Gasteiger partial charge in [0.05, 0.1) is 6.54 Å². The number of aromatic nitrogens is 3. The van der Waals surface area contributed by atoms with Crippen LogP contribution in [-0.2, 0) is 4.79 Å². The summed E-state index contributed by atoms with van der Waals surface area (Å²) in [6, 6.07) is 9.54. The largest absolute Gasteiger partial charge is 0.330 e. The van der Waals surface area contributed by atoms with Crippen molar-refractivity contribution in [1.82, 2.24) is 25.0 Å². The first-order valence-corrected chi connectivity index (χ1v) is 6.40. The second kappa shape index (κ2) is 6.29. The summed E-state index contributed by atoms with van der Waals surface area (Å²) in [5.74, 6) is 0.686. The Hall–Kier alpha value is -2.21. The molecule has 1 aromatic heterocycles. The Morgan fingerprint density at radius 1 is 1.25 bits per heavy atom. The van der Waals surface area contributed by atoms with Crippen molar-refractivity contribution in [2.24, 2.45) is 0 Å².